The number of halogens is 4. The first-order valence-corrected chi connectivity index (χ1v) is 8.07. The Labute approximate surface area is 123 Å². The van der Waals surface area contributed by atoms with Crippen molar-refractivity contribution in [2.24, 2.45) is 5.92 Å². The van der Waals surface area contributed by atoms with Crippen LogP contribution in [0, 0.1) is 17.6 Å². The molecule has 1 atom stereocenters. The van der Waals surface area contributed by atoms with Crippen LogP contribution in [0.25, 0.3) is 0 Å². The van der Waals surface area contributed by atoms with E-state index in [0.717, 1.165) is 6.42 Å². The minimum atomic E-state index is -0.457. The molecular weight excluding hydrogens is 366 g/mol. The van der Waals surface area contributed by atoms with Gasteiger partial charge in [-0.3, -0.25) is 0 Å². The lowest BCUT2D eigenvalue weighted by Crippen LogP contribution is -2.12. The monoisotopic (exact) mass is 380 g/mol. The maximum Gasteiger partial charge on any atom is 0.143 e. The number of hydrogen-bond donors (Lipinski definition) is 0. The fourth-order valence-corrected chi connectivity index (χ4v) is 3.76. The lowest BCUT2D eigenvalue weighted by Gasteiger charge is -2.17. The van der Waals surface area contributed by atoms with Gasteiger partial charge in [0.1, 0.15) is 11.6 Å². The maximum atomic E-state index is 13.8. The Morgan fingerprint density at radius 1 is 1.22 bits per heavy atom. The van der Waals surface area contributed by atoms with Gasteiger partial charge in [0.05, 0.1) is 4.47 Å². The second-order valence-corrected chi connectivity index (χ2v) is 6.95. The molecule has 1 saturated carbocycles. The summed E-state index contributed by atoms with van der Waals surface area (Å²) >= 11 is 6.77. The van der Waals surface area contributed by atoms with Crippen LogP contribution in [-0.4, -0.2) is 4.83 Å². The molecule has 0 N–H and O–H groups in total. The highest BCUT2D eigenvalue weighted by Gasteiger charge is 2.23. The molecule has 2 rings (SSSR count). The fourth-order valence-electron chi connectivity index (χ4n) is 2.64. The van der Waals surface area contributed by atoms with E-state index < -0.39 is 11.6 Å². The summed E-state index contributed by atoms with van der Waals surface area (Å²) in [6.45, 7) is 0. The summed E-state index contributed by atoms with van der Waals surface area (Å²) < 4.78 is 27.7. The molecule has 1 aromatic carbocycles. The predicted molar refractivity (Wildman–Crippen MR) is 77.1 cm³/mol. The molecule has 0 nitrogen and oxygen atoms in total. The SMILES string of the molecule is Fc1ccc(Br)c(F)c1CCC(Br)C1CCCC1. The molecule has 0 heterocycles. The van der Waals surface area contributed by atoms with Crippen LogP contribution in [0.1, 0.15) is 37.7 Å². The van der Waals surface area contributed by atoms with Gasteiger partial charge in [-0.05, 0) is 59.7 Å². The number of hydrogen-bond acceptors (Lipinski definition) is 0. The topological polar surface area (TPSA) is 0 Å². The molecule has 4 heteroatoms. The highest BCUT2D eigenvalue weighted by atomic mass is 79.9. The van der Waals surface area contributed by atoms with Crippen LogP contribution < -0.4 is 0 Å². The van der Waals surface area contributed by atoms with Crippen molar-refractivity contribution in [2.45, 2.75) is 43.4 Å². The largest absolute Gasteiger partial charge is 0.207 e. The van der Waals surface area contributed by atoms with Gasteiger partial charge in [-0.1, -0.05) is 28.8 Å². The van der Waals surface area contributed by atoms with Crippen molar-refractivity contribution in [2.75, 3.05) is 0 Å². The van der Waals surface area contributed by atoms with E-state index in [1.807, 2.05) is 0 Å². The van der Waals surface area contributed by atoms with Gasteiger partial charge in [0, 0.05) is 10.4 Å². The van der Waals surface area contributed by atoms with E-state index in [0.29, 0.717) is 21.6 Å². The van der Waals surface area contributed by atoms with Gasteiger partial charge in [-0.15, -0.1) is 0 Å². The highest BCUT2D eigenvalue weighted by molar-refractivity contribution is 9.10. The quantitative estimate of drug-likeness (QED) is 0.469. The standard InChI is InChI=1S/C14H16Br2F2/c15-11(9-3-1-2-4-9)6-5-10-13(17)8-7-12(16)14(10)18/h7-9,11H,1-6H2. The summed E-state index contributed by atoms with van der Waals surface area (Å²) in [4.78, 5) is 0.373. The fraction of sp³-hybridized carbons (Fsp3) is 0.571. The molecule has 0 saturated heterocycles. The summed E-state index contributed by atoms with van der Waals surface area (Å²) in [5.41, 5.74) is 0.201. The van der Waals surface area contributed by atoms with E-state index >= 15 is 0 Å². The van der Waals surface area contributed by atoms with E-state index in [9.17, 15) is 8.78 Å². The van der Waals surface area contributed by atoms with Crippen LogP contribution in [0.2, 0.25) is 0 Å². The van der Waals surface area contributed by atoms with Crippen LogP contribution in [-0.2, 0) is 6.42 Å². The molecule has 0 spiro atoms. The molecule has 100 valence electrons. The second-order valence-electron chi connectivity index (χ2n) is 4.92. The summed E-state index contributed by atoms with van der Waals surface area (Å²) in [7, 11) is 0. The van der Waals surface area contributed by atoms with Crippen molar-refractivity contribution in [3.05, 3.63) is 33.8 Å². The van der Waals surface area contributed by atoms with Crippen molar-refractivity contribution >= 4 is 31.9 Å². The summed E-state index contributed by atoms with van der Waals surface area (Å²) in [5, 5.41) is 0. The van der Waals surface area contributed by atoms with E-state index in [4.69, 9.17) is 0 Å². The second kappa shape index (κ2) is 6.47. The molecule has 0 aromatic heterocycles. The van der Waals surface area contributed by atoms with E-state index in [1.165, 1.54) is 37.8 Å². The van der Waals surface area contributed by atoms with E-state index in [-0.39, 0.29) is 5.56 Å². The third kappa shape index (κ3) is 3.32. The maximum absolute atomic E-state index is 13.8. The first-order chi connectivity index (χ1) is 8.59. The van der Waals surface area contributed by atoms with Crippen molar-refractivity contribution in [1.29, 1.82) is 0 Å². The summed E-state index contributed by atoms with van der Waals surface area (Å²) in [6, 6.07) is 2.73. The predicted octanol–water partition coefficient (Wildman–Crippen LogP) is 5.61. The number of alkyl halides is 1. The van der Waals surface area contributed by atoms with E-state index in [1.54, 1.807) is 0 Å². The van der Waals surface area contributed by atoms with Gasteiger partial charge in [0.25, 0.3) is 0 Å². The van der Waals surface area contributed by atoms with Crippen LogP contribution in [0.3, 0.4) is 0 Å². The third-order valence-corrected chi connectivity index (χ3v) is 5.54. The Morgan fingerprint density at radius 3 is 2.56 bits per heavy atom. The first kappa shape index (κ1) is 14.4. The van der Waals surface area contributed by atoms with E-state index in [2.05, 4.69) is 31.9 Å². The van der Waals surface area contributed by atoms with Gasteiger partial charge in [0.15, 0.2) is 0 Å². The molecule has 1 aromatic rings. The smallest absolute Gasteiger partial charge is 0.143 e. The zero-order chi connectivity index (χ0) is 13.1. The number of rotatable bonds is 4. The molecular formula is C14H16Br2F2. The zero-order valence-corrected chi connectivity index (χ0v) is 13.2. The molecule has 1 unspecified atom stereocenters. The van der Waals surface area contributed by atoms with Crippen molar-refractivity contribution in [1.82, 2.24) is 0 Å². The molecule has 1 aliphatic carbocycles. The third-order valence-electron chi connectivity index (χ3n) is 3.72. The first-order valence-electron chi connectivity index (χ1n) is 6.36. The summed E-state index contributed by atoms with van der Waals surface area (Å²) in [5.74, 6) is -0.230. The molecule has 1 aliphatic rings. The molecule has 1 fully saturated rings. The van der Waals surface area contributed by atoms with Gasteiger partial charge in [-0.2, -0.15) is 0 Å². The van der Waals surface area contributed by atoms with Crippen LogP contribution in [0.4, 0.5) is 8.78 Å². The highest BCUT2D eigenvalue weighted by Crippen LogP contribution is 2.34. The molecule has 18 heavy (non-hydrogen) atoms. The minimum absolute atomic E-state index is 0.201. The average Bonchev–Trinajstić information content (AvgIpc) is 2.87. The van der Waals surface area contributed by atoms with Gasteiger partial charge < -0.3 is 0 Å². The lowest BCUT2D eigenvalue weighted by molar-refractivity contribution is 0.490. The Hall–Kier alpha value is 0.0400. The minimum Gasteiger partial charge on any atom is -0.207 e. The molecule has 0 aliphatic heterocycles. The normalized spacial score (nSPS) is 18.2. The lowest BCUT2D eigenvalue weighted by atomic mass is 9.98. The van der Waals surface area contributed by atoms with Crippen molar-refractivity contribution < 1.29 is 8.78 Å². The molecule has 0 radical (unpaired) electrons. The number of benzene rings is 1. The molecule has 0 bridgehead atoms. The van der Waals surface area contributed by atoms with Crippen LogP contribution >= 0.6 is 31.9 Å². The van der Waals surface area contributed by atoms with Gasteiger partial charge >= 0.3 is 0 Å². The van der Waals surface area contributed by atoms with Crippen LogP contribution in [0.15, 0.2) is 16.6 Å². The van der Waals surface area contributed by atoms with Crippen LogP contribution in [0.5, 0.6) is 0 Å². The summed E-state index contributed by atoms with van der Waals surface area (Å²) in [6.07, 6.45) is 6.27. The van der Waals surface area contributed by atoms with Crippen molar-refractivity contribution in [3.63, 3.8) is 0 Å². The Morgan fingerprint density at radius 2 is 1.89 bits per heavy atom. The Bertz CT molecular complexity index is 415. The average molecular weight is 382 g/mol. The molecule has 0 amide bonds. The Balaban J connectivity index is 1.99. The Kier molecular flexibility index (Phi) is 5.19. The van der Waals surface area contributed by atoms with Crippen molar-refractivity contribution in [3.8, 4) is 0 Å². The zero-order valence-electron chi connectivity index (χ0n) is 10.1. The van der Waals surface area contributed by atoms with Gasteiger partial charge in [-0.25, -0.2) is 8.78 Å². The van der Waals surface area contributed by atoms with Gasteiger partial charge in [0.2, 0.25) is 0 Å².